The summed E-state index contributed by atoms with van der Waals surface area (Å²) in [4.78, 5) is 11.6. The third-order valence-corrected chi connectivity index (χ3v) is 2.69. The predicted molar refractivity (Wildman–Crippen MR) is 78.9 cm³/mol. The molecule has 0 radical (unpaired) electrons. The van der Waals surface area contributed by atoms with Gasteiger partial charge in [-0.2, -0.15) is 0 Å². The van der Waals surface area contributed by atoms with Gasteiger partial charge in [-0.25, -0.2) is 9.18 Å². The van der Waals surface area contributed by atoms with E-state index in [4.69, 9.17) is 15.2 Å². The van der Waals surface area contributed by atoms with Crippen molar-refractivity contribution >= 4 is 6.09 Å². The Morgan fingerprint density at radius 1 is 1.43 bits per heavy atom. The molecule has 6 heteroatoms. The quantitative estimate of drug-likeness (QED) is 0.896. The molecule has 21 heavy (non-hydrogen) atoms. The third-order valence-electron chi connectivity index (χ3n) is 2.69. The van der Waals surface area contributed by atoms with Crippen molar-refractivity contribution in [1.82, 2.24) is 5.32 Å². The van der Waals surface area contributed by atoms with Crippen LogP contribution in [-0.2, 0) is 4.74 Å². The van der Waals surface area contributed by atoms with E-state index < -0.39 is 23.6 Å². The number of methoxy groups -OCH3 is 1. The monoisotopic (exact) mass is 298 g/mol. The van der Waals surface area contributed by atoms with Crippen LogP contribution in [0.4, 0.5) is 9.18 Å². The molecular weight excluding hydrogens is 275 g/mol. The van der Waals surface area contributed by atoms with Gasteiger partial charge in [0.05, 0.1) is 13.2 Å². The molecule has 1 unspecified atom stereocenters. The summed E-state index contributed by atoms with van der Waals surface area (Å²) in [6, 6.07) is 2.35. The topological polar surface area (TPSA) is 73.6 Å². The molecule has 1 rings (SSSR count). The van der Waals surface area contributed by atoms with Crippen molar-refractivity contribution < 1.29 is 18.7 Å². The fraction of sp³-hybridized carbons (Fsp3) is 0.533. The molecule has 1 amide bonds. The highest BCUT2D eigenvalue weighted by atomic mass is 19.1. The summed E-state index contributed by atoms with van der Waals surface area (Å²) in [5.74, 6) is -0.0867. The molecule has 1 aromatic rings. The van der Waals surface area contributed by atoms with Crippen LogP contribution in [0.1, 0.15) is 37.9 Å². The minimum absolute atomic E-state index is 0.0469. The number of aryl methyl sites for hydroxylation is 1. The van der Waals surface area contributed by atoms with Crippen LogP contribution in [0.15, 0.2) is 12.1 Å². The van der Waals surface area contributed by atoms with E-state index in [9.17, 15) is 9.18 Å². The number of hydrogen-bond acceptors (Lipinski definition) is 4. The lowest BCUT2D eigenvalue weighted by atomic mass is 10.0. The first kappa shape index (κ1) is 17.2. The number of nitrogens with two attached hydrogens (primary N) is 1. The first-order chi connectivity index (χ1) is 9.64. The van der Waals surface area contributed by atoms with Crippen LogP contribution in [0.3, 0.4) is 0 Å². The van der Waals surface area contributed by atoms with Crippen molar-refractivity contribution in [3.8, 4) is 5.75 Å². The Morgan fingerprint density at radius 3 is 2.57 bits per heavy atom. The van der Waals surface area contributed by atoms with Crippen molar-refractivity contribution in [2.24, 2.45) is 5.73 Å². The molecule has 1 aromatic carbocycles. The molecule has 0 aromatic heterocycles. The Kier molecular flexibility index (Phi) is 5.54. The highest BCUT2D eigenvalue weighted by molar-refractivity contribution is 5.67. The molecule has 0 aliphatic heterocycles. The Morgan fingerprint density at radius 2 is 2.05 bits per heavy atom. The van der Waals surface area contributed by atoms with E-state index in [1.165, 1.54) is 13.2 Å². The minimum atomic E-state index is -0.729. The van der Waals surface area contributed by atoms with Crippen LogP contribution in [0.2, 0.25) is 0 Å². The number of rotatable bonds is 4. The maximum Gasteiger partial charge on any atom is 0.407 e. The van der Waals surface area contributed by atoms with Gasteiger partial charge >= 0.3 is 6.09 Å². The van der Waals surface area contributed by atoms with Crippen molar-refractivity contribution in [1.29, 1.82) is 0 Å². The minimum Gasteiger partial charge on any atom is -0.496 e. The zero-order valence-electron chi connectivity index (χ0n) is 13.1. The van der Waals surface area contributed by atoms with Crippen LogP contribution in [-0.4, -0.2) is 25.3 Å². The number of halogens is 1. The normalized spacial score (nSPS) is 12.7. The Labute approximate surface area is 124 Å². The lowest BCUT2D eigenvalue weighted by Crippen LogP contribution is -2.37. The number of carbonyl (C=O) groups excluding carboxylic acids is 1. The second-order valence-electron chi connectivity index (χ2n) is 5.85. The van der Waals surface area contributed by atoms with E-state index >= 15 is 0 Å². The number of nitrogens with one attached hydrogen (secondary N) is 1. The Bertz CT molecular complexity index is 512. The second-order valence-corrected chi connectivity index (χ2v) is 5.85. The van der Waals surface area contributed by atoms with Crippen LogP contribution < -0.4 is 15.8 Å². The highest BCUT2D eigenvalue weighted by Crippen LogP contribution is 2.28. The molecule has 0 saturated heterocycles. The van der Waals surface area contributed by atoms with Crippen molar-refractivity contribution in [2.75, 3.05) is 13.7 Å². The molecule has 0 fully saturated rings. The molecule has 0 aliphatic rings. The van der Waals surface area contributed by atoms with Crippen LogP contribution in [0, 0.1) is 12.7 Å². The van der Waals surface area contributed by atoms with Crippen LogP contribution in [0.5, 0.6) is 5.75 Å². The molecule has 3 N–H and O–H groups in total. The lowest BCUT2D eigenvalue weighted by molar-refractivity contribution is 0.0524. The zero-order chi connectivity index (χ0) is 16.2. The zero-order valence-corrected chi connectivity index (χ0v) is 13.1. The average molecular weight is 298 g/mol. The second kappa shape index (κ2) is 6.76. The smallest absolute Gasteiger partial charge is 0.407 e. The van der Waals surface area contributed by atoms with Gasteiger partial charge in [-0.1, -0.05) is 0 Å². The van der Waals surface area contributed by atoms with Gasteiger partial charge in [0, 0.05) is 12.1 Å². The standard InChI is InChI=1S/C15H23FN2O3/c1-9-6-10(16)13(12(7-9)20-5)11(17)8-18-14(19)21-15(2,3)4/h6-7,11H,8,17H2,1-5H3,(H,18,19). The molecule has 5 nitrogen and oxygen atoms in total. The summed E-state index contributed by atoms with van der Waals surface area (Å²) >= 11 is 0. The number of hydrogen-bond donors (Lipinski definition) is 2. The first-order valence-electron chi connectivity index (χ1n) is 6.70. The van der Waals surface area contributed by atoms with E-state index in [-0.39, 0.29) is 12.1 Å². The van der Waals surface area contributed by atoms with E-state index in [1.807, 2.05) is 0 Å². The van der Waals surface area contributed by atoms with Crippen LogP contribution >= 0.6 is 0 Å². The summed E-state index contributed by atoms with van der Waals surface area (Å²) in [5, 5.41) is 2.52. The molecule has 0 heterocycles. The van der Waals surface area contributed by atoms with Gasteiger partial charge in [-0.05, 0) is 45.4 Å². The van der Waals surface area contributed by atoms with Gasteiger partial charge in [-0.15, -0.1) is 0 Å². The Balaban J connectivity index is 2.77. The summed E-state index contributed by atoms with van der Waals surface area (Å²) in [5.41, 5.74) is 6.32. The van der Waals surface area contributed by atoms with E-state index in [0.29, 0.717) is 5.75 Å². The maximum absolute atomic E-state index is 14.0. The SMILES string of the molecule is COc1cc(C)cc(F)c1C(N)CNC(=O)OC(C)(C)C. The van der Waals surface area contributed by atoms with E-state index in [0.717, 1.165) is 5.56 Å². The van der Waals surface area contributed by atoms with Gasteiger partial charge in [0.15, 0.2) is 0 Å². The van der Waals surface area contributed by atoms with Crippen molar-refractivity contribution in [3.05, 3.63) is 29.1 Å². The van der Waals surface area contributed by atoms with Gasteiger partial charge in [0.1, 0.15) is 17.2 Å². The number of amides is 1. The molecule has 1 atom stereocenters. The Hall–Kier alpha value is -1.82. The fourth-order valence-corrected chi connectivity index (χ4v) is 1.86. The number of ether oxygens (including phenoxy) is 2. The average Bonchev–Trinajstić information content (AvgIpc) is 2.32. The molecule has 0 bridgehead atoms. The number of alkyl carbamates (subject to hydrolysis) is 1. The van der Waals surface area contributed by atoms with Crippen LogP contribution in [0.25, 0.3) is 0 Å². The summed E-state index contributed by atoms with van der Waals surface area (Å²) in [7, 11) is 1.45. The fourth-order valence-electron chi connectivity index (χ4n) is 1.86. The number of benzene rings is 1. The maximum atomic E-state index is 14.0. The highest BCUT2D eigenvalue weighted by Gasteiger charge is 2.20. The van der Waals surface area contributed by atoms with E-state index in [2.05, 4.69) is 5.32 Å². The van der Waals surface area contributed by atoms with Gasteiger partial charge in [0.2, 0.25) is 0 Å². The van der Waals surface area contributed by atoms with Gasteiger partial charge in [0.25, 0.3) is 0 Å². The van der Waals surface area contributed by atoms with Crippen molar-refractivity contribution in [2.45, 2.75) is 39.3 Å². The molecular formula is C15H23FN2O3. The first-order valence-corrected chi connectivity index (χ1v) is 6.70. The summed E-state index contributed by atoms with van der Waals surface area (Å²) in [6.45, 7) is 7.09. The summed E-state index contributed by atoms with van der Waals surface area (Å²) in [6.07, 6.45) is -0.593. The largest absolute Gasteiger partial charge is 0.496 e. The lowest BCUT2D eigenvalue weighted by Gasteiger charge is -2.21. The molecule has 0 aliphatic carbocycles. The number of carbonyl (C=O) groups is 1. The molecule has 0 saturated carbocycles. The predicted octanol–water partition coefficient (Wildman–Crippen LogP) is 2.67. The third kappa shape index (κ3) is 5.23. The van der Waals surface area contributed by atoms with Gasteiger partial charge in [-0.3, -0.25) is 0 Å². The van der Waals surface area contributed by atoms with Gasteiger partial charge < -0.3 is 20.5 Å². The van der Waals surface area contributed by atoms with Crippen molar-refractivity contribution in [3.63, 3.8) is 0 Å². The van der Waals surface area contributed by atoms with E-state index in [1.54, 1.807) is 33.8 Å². The summed E-state index contributed by atoms with van der Waals surface area (Å²) < 4.78 is 24.3. The molecule has 0 spiro atoms. The molecule has 118 valence electrons.